The summed E-state index contributed by atoms with van der Waals surface area (Å²) >= 11 is 19.5. The van der Waals surface area contributed by atoms with Gasteiger partial charge in [0.25, 0.3) is 11.8 Å². The van der Waals surface area contributed by atoms with Crippen molar-refractivity contribution in [1.82, 2.24) is 5.32 Å². The molecular weight excluding hydrogens is 586 g/mol. The SMILES string of the molecule is C=CCOc1c(I)cc(C=C2C(=O)NC(=S)N(c3ccc(Cl)cc3Cl)C2=O)cc1OCC. The monoisotopic (exact) mass is 602 g/mol. The number of benzene rings is 2. The van der Waals surface area contributed by atoms with Crippen LogP contribution in [0.3, 0.4) is 0 Å². The van der Waals surface area contributed by atoms with Crippen LogP contribution in [0.2, 0.25) is 10.0 Å². The molecular formula is C22H17Cl2IN2O4S. The van der Waals surface area contributed by atoms with Crippen LogP contribution < -0.4 is 19.7 Å². The van der Waals surface area contributed by atoms with Crippen molar-refractivity contribution in [2.75, 3.05) is 18.1 Å². The summed E-state index contributed by atoms with van der Waals surface area (Å²) in [6.07, 6.45) is 3.10. The number of nitrogens with zero attached hydrogens (tertiary/aromatic N) is 1. The minimum absolute atomic E-state index is 0.0702. The second kappa shape index (κ2) is 10.7. The maximum Gasteiger partial charge on any atom is 0.270 e. The van der Waals surface area contributed by atoms with E-state index in [1.165, 1.54) is 12.1 Å². The molecule has 0 spiro atoms. The summed E-state index contributed by atoms with van der Waals surface area (Å²) in [5.74, 6) is -0.168. The first kappa shape index (κ1) is 24.5. The summed E-state index contributed by atoms with van der Waals surface area (Å²) in [6, 6.07) is 8.11. The Morgan fingerprint density at radius 1 is 1.22 bits per heavy atom. The van der Waals surface area contributed by atoms with Crippen LogP contribution in [-0.2, 0) is 9.59 Å². The Morgan fingerprint density at radius 2 is 1.97 bits per heavy atom. The van der Waals surface area contributed by atoms with E-state index in [-0.39, 0.29) is 15.7 Å². The fraction of sp³-hybridized carbons (Fsp3) is 0.136. The molecule has 0 saturated carbocycles. The Hall–Kier alpha value is -2.14. The first-order chi connectivity index (χ1) is 15.3. The predicted molar refractivity (Wildman–Crippen MR) is 139 cm³/mol. The minimum atomic E-state index is -0.610. The van der Waals surface area contributed by atoms with Crippen molar-refractivity contribution < 1.29 is 19.1 Å². The Balaban J connectivity index is 2.04. The molecule has 0 unspecified atom stereocenters. The molecule has 6 nitrogen and oxygen atoms in total. The van der Waals surface area contributed by atoms with Crippen molar-refractivity contribution >= 4 is 86.7 Å². The van der Waals surface area contributed by atoms with Gasteiger partial charge in [-0.15, -0.1) is 0 Å². The summed E-state index contributed by atoms with van der Waals surface area (Å²) in [5, 5.41) is 3.09. The average molecular weight is 603 g/mol. The van der Waals surface area contributed by atoms with Crippen molar-refractivity contribution in [2.24, 2.45) is 0 Å². The number of ether oxygens (including phenoxy) is 2. The zero-order chi connectivity index (χ0) is 23.4. The third kappa shape index (κ3) is 5.25. The molecule has 0 atom stereocenters. The molecule has 1 saturated heterocycles. The second-order valence-electron chi connectivity index (χ2n) is 6.42. The largest absolute Gasteiger partial charge is 0.490 e. The number of rotatable bonds is 7. The highest BCUT2D eigenvalue weighted by molar-refractivity contribution is 14.1. The molecule has 0 aliphatic carbocycles. The van der Waals surface area contributed by atoms with E-state index >= 15 is 0 Å². The van der Waals surface area contributed by atoms with Crippen molar-refractivity contribution in [1.29, 1.82) is 0 Å². The molecule has 1 heterocycles. The lowest BCUT2D eigenvalue weighted by molar-refractivity contribution is -0.122. The highest BCUT2D eigenvalue weighted by atomic mass is 127. The molecule has 32 heavy (non-hydrogen) atoms. The molecule has 10 heteroatoms. The van der Waals surface area contributed by atoms with Gasteiger partial charge in [0.1, 0.15) is 12.2 Å². The predicted octanol–water partition coefficient (Wildman–Crippen LogP) is 5.39. The lowest BCUT2D eigenvalue weighted by Gasteiger charge is -2.29. The normalized spacial score (nSPS) is 15.1. The van der Waals surface area contributed by atoms with Gasteiger partial charge >= 0.3 is 0 Å². The van der Waals surface area contributed by atoms with Gasteiger partial charge in [-0.05, 0) is 83.7 Å². The standard InChI is InChI=1S/C22H17Cl2IN2O4S/c1-3-7-31-19-16(25)9-12(10-18(19)30-4-2)8-14-20(28)26-22(32)27(21(14)29)17-6-5-13(23)11-15(17)24/h3,5-6,8-11H,1,4,7H2,2H3,(H,26,28,32). The van der Waals surface area contributed by atoms with E-state index in [9.17, 15) is 9.59 Å². The summed E-state index contributed by atoms with van der Waals surface area (Å²) in [7, 11) is 0. The molecule has 1 aliphatic rings. The molecule has 166 valence electrons. The first-order valence-electron chi connectivity index (χ1n) is 9.33. The Labute approximate surface area is 214 Å². The number of carbonyl (C=O) groups is 2. The number of halogens is 3. The maximum absolute atomic E-state index is 13.2. The lowest BCUT2D eigenvalue weighted by atomic mass is 10.1. The Bertz CT molecular complexity index is 1150. The van der Waals surface area contributed by atoms with Crippen LogP contribution in [0.25, 0.3) is 6.08 Å². The van der Waals surface area contributed by atoms with E-state index in [1.807, 2.05) is 6.92 Å². The van der Waals surface area contributed by atoms with Gasteiger partial charge in [-0.3, -0.25) is 19.8 Å². The smallest absolute Gasteiger partial charge is 0.270 e. The molecule has 0 bridgehead atoms. The van der Waals surface area contributed by atoms with Crippen molar-refractivity contribution in [3.8, 4) is 11.5 Å². The molecule has 1 aliphatic heterocycles. The van der Waals surface area contributed by atoms with E-state index in [0.29, 0.717) is 41.0 Å². The van der Waals surface area contributed by atoms with Crippen molar-refractivity contribution in [2.45, 2.75) is 6.92 Å². The average Bonchev–Trinajstić information content (AvgIpc) is 2.72. The van der Waals surface area contributed by atoms with Gasteiger partial charge in [0.05, 0.1) is 20.9 Å². The van der Waals surface area contributed by atoms with Crippen LogP contribution in [0.5, 0.6) is 11.5 Å². The first-order valence-corrected chi connectivity index (χ1v) is 11.6. The van der Waals surface area contributed by atoms with Crippen LogP contribution in [0, 0.1) is 3.57 Å². The highest BCUT2D eigenvalue weighted by Gasteiger charge is 2.35. The zero-order valence-corrected chi connectivity index (χ0v) is 21.3. The van der Waals surface area contributed by atoms with Crippen LogP contribution in [0.15, 0.2) is 48.6 Å². The van der Waals surface area contributed by atoms with Crippen LogP contribution in [0.4, 0.5) is 5.69 Å². The third-order valence-corrected chi connectivity index (χ3v) is 5.86. The van der Waals surface area contributed by atoms with Gasteiger partial charge in [-0.1, -0.05) is 35.9 Å². The van der Waals surface area contributed by atoms with Gasteiger partial charge in [0, 0.05) is 5.02 Å². The van der Waals surface area contributed by atoms with Crippen LogP contribution in [-0.4, -0.2) is 30.1 Å². The Kier molecular flexibility index (Phi) is 8.16. The van der Waals surface area contributed by atoms with Gasteiger partial charge in [0.15, 0.2) is 16.6 Å². The third-order valence-electron chi connectivity index (χ3n) is 4.24. The quantitative estimate of drug-likeness (QED) is 0.151. The lowest BCUT2D eigenvalue weighted by Crippen LogP contribution is -2.54. The maximum atomic E-state index is 13.2. The van der Waals surface area contributed by atoms with Gasteiger partial charge in [-0.25, -0.2) is 0 Å². The minimum Gasteiger partial charge on any atom is -0.490 e. The van der Waals surface area contributed by atoms with Gasteiger partial charge in [0.2, 0.25) is 0 Å². The van der Waals surface area contributed by atoms with E-state index in [2.05, 4.69) is 34.5 Å². The summed E-state index contributed by atoms with van der Waals surface area (Å²) in [5.41, 5.74) is 0.787. The number of carbonyl (C=O) groups excluding carboxylic acids is 2. The number of hydrogen-bond donors (Lipinski definition) is 1. The number of anilines is 1. The molecule has 2 aromatic carbocycles. The number of thiocarbonyl (C=S) groups is 1. The van der Waals surface area contributed by atoms with Crippen LogP contribution >= 0.6 is 58.0 Å². The molecule has 1 N–H and O–H groups in total. The Morgan fingerprint density at radius 3 is 2.62 bits per heavy atom. The molecule has 1 fully saturated rings. The van der Waals surface area contributed by atoms with Crippen LogP contribution in [0.1, 0.15) is 12.5 Å². The van der Waals surface area contributed by atoms with Gasteiger partial charge < -0.3 is 9.47 Å². The van der Waals surface area contributed by atoms with E-state index in [0.717, 1.165) is 8.47 Å². The van der Waals surface area contributed by atoms with Gasteiger partial charge in [-0.2, -0.15) is 0 Å². The van der Waals surface area contributed by atoms with E-state index in [4.69, 9.17) is 44.9 Å². The van der Waals surface area contributed by atoms with E-state index < -0.39 is 11.8 Å². The molecule has 3 rings (SSSR count). The van der Waals surface area contributed by atoms with E-state index in [1.54, 1.807) is 30.3 Å². The second-order valence-corrected chi connectivity index (χ2v) is 8.81. The summed E-state index contributed by atoms with van der Waals surface area (Å²) < 4.78 is 12.1. The molecule has 2 aromatic rings. The molecule has 0 radical (unpaired) electrons. The highest BCUT2D eigenvalue weighted by Crippen LogP contribution is 2.36. The number of nitrogens with one attached hydrogen (secondary N) is 1. The zero-order valence-electron chi connectivity index (χ0n) is 16.8. The fourth-order valence-electron chi connectivity index (χ4n) is 2.92. The summed E-state index contributed by atoms with van der Waals surface area (Å²) in [6.45, 7) is 6.22. The topological polar surface area (TPSA) is 67.9 Å². The molecule has 0 aromatic heterocycles. The van der Waals surface area contributed by atoms with Crippen molar-refractivity contribution in [3.05, 3.63) is 67.7 Å². The number of amides is 2. The number of hydrogen-bond acceptors (Lipinski definition) is 5. The van der Waals surface area contributed by atoms with Crippen molar-refractivity contribution in [3.63, 3.8) is 0 Å². The summed E-state index contributed by atoms with van der Waals surface area (Å²) in [4.78, 5) is 27.0. The molecule has 2 amide bonds. The fourth-order valence-corrected chi connectivity index (χ4v) is 4.47.